The summed E-state index contributed by atoms with van der Waals surface area (Å²) in [5.74, 6) is -0.648. The van der Waals surface area contributed by atoms with Crippen LogP contribution in [0.25, 0.3) is 0 Å². The third kappa shape index (κ3) is 3.35. The summed E-state index contributed by atoms with van der Waals surface area (Å²) in [5, 5.41) is 11.7. The maximum absolute atomic E-state index is 11.2. The lowest BCUT2D eigenvalue weighted by molar-refractivity contribution is -0.135. The van der Waals surface area contributed by atoms with E-state index in [9.17, 15) is 4.79 Å². The van der Waals surface area contributed by atoms with Crippen LogP contribution in [0.4, 0.5) is 5.69 Å². The summed E-state index contributed by atoms with van der Waals surface area (Å²) in [6.45, 7) is 3.95. The summed E-state index contributed by atoms with van der Waals surface area (Å²) >= 11 is 0. The van der Waals surface area contributed by atoms with Gasteiger partial charge >= 0.3 is 5.97 Å². The quantitative estimate of drug-likeness (QED) is 0.491. The zero-order valence-corrected chi connectivity index (χ0v) is 10.1. The average Bonchev–Trinajstić information content (AvgIpc) is 2.31. The number of esters is 1. The van der Waals surface area contributed by atoms with Crippen LogP contribution in [0.1, 0.15) is 11.1 Å². The van der Waals surface area contributed by atoms with Crippen LogP contribution >= 0.6 is 0 Å². The minimum absolute atomic E-state index is 0.0625. The summed E-state index contributed by atoms with van der Waals surface area (Å²) in [6.07, 6.45) is 1.35. The summed E-state index contributed by atoms with van der Waals surface area (Å²) in [6, 6.07) is 7.64. The number of carbonyl (C=O) groups is 1. The number of carbonyl (C=O) groups excluding carboxylic acids is 1. The molecule has 1 rings (SSSR count). The first-order chi connectivity index (χ1) is 8.08. The van der Waals surface area contributed by atoms with Crippen LogP contribution in [0, 0.1) is 25.2 Å². The first-order valence-corrected chi connectivity index (χ1v) is 5.11. The maximum Gasteiger partial charge on any atom is 0.350 e. The number of hydrogen-bond acceptors (Lipinski definition) is 4. The van der Waals surface area contributed by atoms with Crippen LogP contribution in [-0.2, 0) is 9.53 Å². The van der Waals surface area contributed by atoms with Gasteiger partial charge in [-0.05, 0) is 25.5 Å². The fourth-order valence-corrected chi connectivity index (χ4v) is 1.37. The predicted octanol–water partition coefficient (Wildman–Crippen LogP) is 2.30. The van der Waals surface area contributed by atoms with Gasteiger partial charge in [0.05, 0.1) is 7.11 Å². The normalized spacial score (nSPS) is 10.6. The lowest BCUT2D eigenvalue weighted by Crippen LogP contribution is -2.05. The molecular formula is C13H14N2O2. The Labute approximate surface area is 101 Å². The second-order valence-corrected chi connectivity index (χ2v) is 3.62. The van der Waals surface area contributed by atoms with Crippen molar-refractivity contribution in [2.24, 2.45) is 0 Å². The third-order valence-electron chi connectivity index (χ3n) is 2.28. The molecule has 0 saturated heterocycles. The van der Waals surface area contributed by atoms with Crippen molar-refractivity contribution >= 4 is 11.7 Å². The Kier molecular flexibility index (Phi) is 4.29. The van der Waals surface area contributed by atoms with E-state index < -0.39 is 5.97 Å². The van der Waals surface area contributed by atoms with Crippen molar-refractivity contribution < 1.29 is 9.53 Å². The number of hydrogen-bond donors (Lipinski definition) is 1. The van der Waals surface area contributed by atoms with E-state index in [0.717, 1.165) is 16.8 Å². The highest BCUT2D eigenvalue weighted by Crippen LogP contribution is 2.16. The number of anilines is 1. The number of methoxy groups -OCH3 is 1. The molecule has 0 amide bonds. The SMILES string of the molecule is COC(=O)/C(C#N)=C/Nc1ccc(C)cc1C. The van der Waals surface area contributed by atoms with Gasteiger partial charge in [0, 0.05) is 11.9 Å². The summed E-state index contributed by atoms with van der Waals surface area (Å²) < 4.78 is 4.47. The van der Waals surface area contributed by atoms with Crippen molar-refractivity contribution in [3.05, 3.63) is 41.1 Å². The first-order valence-electron chi connectivity index (χ1n) is 5.11. The van der Waals surface area contributed by atoms with Gasteiger partial charge in [-0.15, -0.1) is 0 Å². The number of ether oxygens (including phenoxy) is 1. The highest BCUT2D eigenvalue weighted by atomic mass is 16.5. The zero-order valence-electron chi connectivity index (χ0n) is 10.1. The summed E-state index contributed by atoms with van der Waals surface area (Å²) in [7, 11) is 1.24. The van der Waals surface area contributed by atoms with Gasteiger partial charge in [-0.25, -0.2) is 4.79 Å². The Morgan fingerprint density at radius 1 is 1.47 bits per heavy atom. The van der Waals surface area contributed by atoms with Crippen LogP contribution < -0.4 is 5.32 Å². The van der Waals surface area contributed by atoms with E-state index in [2.05, 4.69) is 10.1 Å². The lowest BCUT2D eigenvalue weighted by atomic mass is 10.1. The molecule has 1 aromatic rings. The molecule has 0 aliphatic heterocycles. The van der Waals surface area contributed by atoms with E-state index >= 15 is 0 Å². The van der Waals surface area contributed by atoms with Gasteiger partial charge in [-0.2, -0.15) is 5.26 Å². The van der Waals surface area contributed by atoms with Crippen molar-refractivity contribution in [2.45, 2.75) is 13.8 Å². The van der Waals surface area contributed by atoms with Gasteiger partial charge in [-0.1, -0.05) is 17.7 Å². The fourth-order valence-electron chi connectivity index (χ4n) is 1.37. The van der Waals surface area contributed by atoms with Crippen LogP contribution in [0.2, 0.25) is 0 Å². The molecule has 0 atom stereocenters. The number of rotatable bonds is 3. The van der Waals surface area contributed by atoms with E-state index in [4.69, 9.17) is 5.26 Å². The standard InChI is InChI=1S/C13H14N2O2/c1-9-4-5-12(10(2)6-9)15-8-11(7-14)13(16)17-3/h4-6,8,15H,1-3H3/b11-8+. The van der Waals surface area contributed by atoms with Crippen LogP contribution in [-0.4, -0.2) is 13.1 Å². The molecule has 0 aliphatic carbocycles. The molecule has 4 heteroatoms. The van der Waals surface area contributed by atoms with Crippen LogP contribution in [0.15, 0.2) is 30.0 Å². The highest BCUT2D eigenvalue weighted by Gasteiger charge is 2.08. The zero-order chi connectivity index (χ0) is 12.8. The van der Waals surface area contributed by atoms with E-state index in [1.165, 1.54) is 13.3 Å². The molecule has 1 aromatic carbocycles. The Hall–Kier alpha value is -2.28. The van der Waals surface area contributed by atoms with Crippen molar-refractivity contribution in [3.8, 4) is 6.07 Å². The van der Waals surface area contributed by atoms with Gasteiger partial charge < -0.3 is 10.1 Å². The number of benzene rings is 1. The minimum atomic E-state index is -0.648. The maximum atomic E-state index is 11.2. The summed E-state index contributed by atoms with van der Waals surface area (Å²) in [4.78, 5) is 11.2. The average molecular weight is 230 g/mol. The molecule has 4 nitrogen and oxygen atoms in total. The third-order valence-corrected chi connectivity index (χ3v) is 2.28. The second kappa shape index (κ2) is 5.71. The van der Waals surface area contributed by atoms with E-state index in [-0.39, 0.29) is 5.57 Å². The minimum Gasteiger partial charge on any atom is -0.465 e. The molecule has 0 unspecified atom stereocenters. The molecule has 0 aromatic heterocycles. The fraction of sp³-hybridized carbons (Fsp3) is 0.231. The monoisotopic (exact) mass is 230 g/mol. The molecule has 0 spiro atoms. The largest absolute Gasteiger partial charge is 0.465 e. The molecule has 0 saturated carbocycles. The van der Waals surface area contributed by atoms with Gasteiger partial charge in [0.2, 0.25) is 0 Å². The Bertz CT molecular complexity index is 499. The first kappa shape index (κ1) is 12.8. The van der Waals surface area contributed by atoms with Crippen molar-refractivity contribution in [2.75, 3.05) is 12.4 Å². The molecule has 17 heavy (non-hydrogen) atoms. The van der Waals surface area contributed by atoms with Crippen LogP contribution in [0.3, 0.4) is 0 Å². The number of nitrogens with one attached hydrogen (secondary N) is 1. The number of nitrogens with zero attached hydrogens (tertiary/aromatic N) is 1. The van der Waals surface area contributed by atoms with Crippen molar-refractivity contribution in [3.63, 3.8) is 0 Å². The van der Waals surface area contributed by atoms with Gasteiger partial charge in [-0.3, -0.25) is 0 Å². The summed E-state index contributed by atoms with van der Waals surface area (Å²) in [5.41, 5.74) is 2.99. The van der Waals surface area contributed by atoms with E-state index in [1.807, 2.05) is 32.0 Å². The molecular weight excluding hydrogens is 216 g/mol. The lowest BCUT2D eigenvalue weighted by Gasteiger charge is -2.06. The molecule has 1 N–H and O–H groups in total. The molecule has 0 bridgehead atoms. The van der Waals surface area contributed by atoms with Gasteiger partial charge in [0.15, 0.2) is 5.57 Å². The van der Waals surface area contributed by atoms with Crippen LogP contribution in [0.5, 0.6) is 0 Å². The van der Waals surface area contributed by atoms with Crippen molar-refractivity contribution in [1.29, 1.82) is 5.26 Å². The topological polar surface area (TPSA) is 62.1 Å². The molecule has 0 fully saturated rings. The van der Waals surface area contributed by atoms with E-state index in [0.29, 0.717) is 0 Å². The number of nitriles is 1. The Morgan fingerprint density at radius 2 is 2.18 bits per heavy atom. The Morgan fingerprint density at radius 3 is 2.71 bits per heavy atom. The Balaban J connectivity index is 2.88. The predicted molar refractivity (Wildman–Crippen MR) is 65.3 cm³/mol. The van der Waals surface area contributed by atoms with Gasteiger partial charge in [0.25, 0.3) is 0 Å². The van der Waals surface area contributed by atoms with E-state index in [1.54, 1.807) is 6.07 Å². The highest BCUT2D eigenvalue weighted by molar-refractivity contribution is 5.93. The molecule has 0 aliphatic rings. The van der Waals surface area contributed by atoms with Gasteiger partial charge in [0.1, 0.15) is 6.07 Å². The molecule has 0 radical (unpaired) electrons. The molecule has 0 heterocycles. The second-order valence-electron chi connectivity index (χ2n) is 3.62. The smallest absolute Gasteiger partial charge is 0.350 e. The van der Waals surface area contributed by atoms with Crippen molar-refractivity contribution in [1.82, 2.24) is 0 Å². The number of aryl methyl sites for hydroxylation is 2. The molecule has 88 valence electrons.